The number of nitrogens with zero attached hydrogens (tertiary/aromatic N) is 1. The summed E-state index contributed by atoms with van der Waals surface area (Å²) < 4.78 is 0. The van der Waals surface area contributed by atoms with Crippen LogP contribution in [0.4, 0.5) is 5.69 Å². The predicted octanol–water partition coefficient (Wildman–Crippen LogP) is 2.14. The Morgan fingerprint density at radius 3 is 2.68 bits per heavy atom. The molecule has 1 saturated carbocycles. The molecule has 1 fully saturated rings. The van der Waals surface area contributed by atoms with Gasteiger partial charge in [0.15, 0.2) is 0 Å². The third-order valence-corrected chi connectivity index (χ3v) is 4.51. The van der Waals surface area contributed by atoms with E-state index in [9.17, 15) is 4.79 Å². The van der Waals surface area contributed by atoms with Gasteiger partial charge in [0.1, 0.15) is 0 Å². The lowest BCUT2D eigenvalue weighted by Gasteiger charge is -2.47. The summed E-state index contributed by atoms with van der Waals surface area (Å²) in [5.41, 5.74) is 6.68. The van der Waals surface area contributed by atoms with Crippen molar-refractivity contribution in [3.63, 3.8) is 0 Å². The van der Waals surface area contributed by atoms with E-state index in [0.717, 1.165) is 12.8 Å². The largest absolute Gasteiger partial charge is 0.398 e. The first kappa shape index (κ1) is 14.2. The summed E-state index contributed by atoms with van der Waals surface area (Å²) in [5, 5.41) is 3.30. The first-order valence-corrected chi connectivity index (χ1v) is 6.84. The van der Waals surface area contributed by atoms with Gasteiger partial charge in [-0.3, -0.25) is 4.79 Å². The van der Waals surface area contributed by atoms with Crippen molar-refractivity contribution < 1.29 is 4.79 Å². The second-order valence-corrected chi connectivity index (χ2v) is 5.74. The van der Waals surface area contributed by atoms with Gasteiger partial charge in [0.2, 0.25) is 0 Å². The van der Waals surface area contributed by atoms with Crippen LogP contribution in [0.5, 0.6) is 0 Å². The quantitative estimate of drug-likeness (QED) is 0.832. The molecular weight excluding hydrogens is 262 g/mol. The standard InChI is InChI=1S/C14H20ClN3O/c1-18(2)14(7-4-8-14)9-17-13(19)10-5-3-6-11(16)12(10)15/h3,5-6H,4,7-9,16H2,1-2H3,(H,17,19). The van der Waals surface area contributed by atoms with Crippen LogP contribution in [0, 0.1) is 0 Å². The van der Waals surface area contributed by atoms with Gasteiger partial charge in [-0.25, -0.2) is 0 Å². The molecule has 0 spiro atoms. The fourth-order valence-corrected chi connectivity index (χ4v) is 2.64. The van der Waals surface area contributed by atoms with E-state index < -0.39 is 0 Å². The average molecular weight is 282 g/mol. The van der Waals surface area contributed by atoms with Gasteiger partial charge in [-0.15, -0.1) is 0 Å². The Kier molecular flexibility index (Phi) is 4.02. The molecule has 0 aliphatic heterocycles. The van der Waals surface area contributed by atoms with Gasteiger partial charge >= 0.3 is 0 Å². The van der Waals surface area contributed by atoms with Crippen molar-refractivity contribution in [2.45, 2.75) is 24.8 Å². The van der Waals surface area contributed by atoms with Gasteiger partial charge < -0.3 is 16.0 Å². The molecule has 1 aromatic rings. The zero-order chi connectivity index (χ0) is 14.0. The minimum atomic E-state index is -0.162. The predicted molar refractivity (Wildman–Crippen MR) is 78.5 cm³/mol. The monoisotopic (exact) mass is 281 g/mol. The van der Waals surface area contributed by atoms with Crippen LogP contribution >= 0.6 is 11.6 Å². The summed E-state index contributed by atoms with van der Waals surface area (Å²) in [6.45, 7) is 0.643. The summed E-state index contributed by atoms with van der Waals surface area (Å²) in [6, 6.07) is 5.12. The molecule has 0 unspecified atom stereocenters. The third-order valence-electron chi connectivity index (χ3n) is 4.08. The number of anilines is 1. The van der Waals surface area contributed by atoms with Gasteiger partial charge in [0.25, 0.3) is 5.91 Å². The van der Waals surface area contributed by atoms with Crippen molar-refractivity contribution in [1.82, 2.24) is 10.2 Å². The highest BCUT2D eigenvalue weighted by Crippen LogP contribution is 2.35. The number of hydrogen-bond acceptors (Lipinski definition) is 3. The van der Waals surface area contributed by atoms with E-state index in [4.69, 9.17) is 17.3 Å². The maximum atomic E-state index is 12.2. The van der Waals surface area contributed by atoms with Gasteiger partial charge in [-0.05, 0) is 45.5 Å². The first-order chi connectivity index (χ1) is 8.96. The minimum absolute atomic E-state index is 0.0997. The highest BCUT2D eigenvalue weighted by atomic mass is 35.5. The van der Waals surface area contributed by atoms with Crippen LogP contribution in [0.1, 0.15) is 29.6 Å². The molecule has 2 rings (SSSR count). The number of nitrogens with two attached hydrogens (primary N) is 1. The van der Waals surface area contributed by atoms with Gasteiger partial charge in [-0.2, -0.15) is 0 Å². The molecule has 0 saturated heterocycles. The third kappa shape index (κ3) is 2.69. The van der Waals surface area contributed by atoms with E-state index in [0.29, 0.717) is 22.8 Å². The summed E-state index contributed by atoms with van der Waals surface area (Å²) in [5.74, 6) is -0.162. The normalized spacial score (nSPS) is 17.1. The van der Waals surface area contributed by atoms with Gasteiger partial charge in [0.05, 0.1) is 16.3 Å². The SMILES string of the molecule is CN(C)C1(CNC(=O)c2cccc(N)c2Cl)CCC1. The number of carbonyl (C=O) groups is 1. The molecule has 19 heavy (non-hydrogen) atoms. The van der Waals surface area contributed by atoms with Crippen LogP contribution in [-0.2, 0) is 0 Å². The summed E-state index contributed by atoms with van der Waals surface area (Å²) >= 11 is 6.05. The molecule has 1 aliphatic rings. The molecule has 1 aliphatic carbocycles. The number of halogens is 1. The first-order valence-electron chi connectivity index (χ1n) is 6.46. The van der Waals surface area contributed by atoms with Crippen molar-refractivity contribution in [2.75, 3.05) is 26.4 Å². The molecule has 104 valence electrons. The average Bonchev–Trinajstić information content (AvgIpc) is 2.30. The van der Waals surface area contributed by atoms with Crippen molar-refractivity contribution >= 4 is 23.2 Å². The number of amides is 1. The molecule has 0 aromatic heterocycles. The second-order valence-electron chi connectivity index (χ2n) is 5.36. The van der Waals surface area contributed by atoms with Gasteiger partial charge in [0, 0.05) is 12.1 Å². The molecule has 4 nitrogen and oxygen atoms in total. The molecule has 1 amide bonds. The number of nitrogens with one attached hydrogen (secondary N) is 1. The highest BCUT2D eigenvalue weighted by Gasteiger charge is 2.39. The molecule has 0 atom stereocenters. The second kappa shape index (κ2) is 5.39. The van der Waals surface area contributed by atoms with Crippen molar-refractivity contribution in [1.29, 1.82) is 0 Å². The number of carbonyl (C=O) groups excluding carboxylic acids is 1. The number of likely N-dealkylation sites (N-methyl/N-ethyl adjacent to an activating group) is 1. The highest BCUT2D eigenvalue weighted by molar-refractivity contribution is 6.36. The Morgan fingerprint density at radius 1 is 1.47 bits per heavy atom. The number of benzene rings is 1. The van der Waals surface area contributed by atoms with E-state index in [2.05, 4.69) is 24.3 Å². The molecule has 1 aromatic carbocycles. The van der Waals surface area contributed by atoms with Crippen LogP contribution in [0.2, 0.25) is 5.02 Å². The Bertz CT molecular complexity index is 484. The Hall–Kier alpha value is -1.26. The lowest BCUT2D eigenvalue weighted by Crippen LogP contribution is -2.57. The Morgan fingerprint density at radius 2 is 2.16 bits per heavy atom. The number of rotatable bonds is 4. The van der Waals surface area contributed by atoms with Crippen LogP contribution in [0.15, 0.2) is 18.2 Å². The summed E-state index contributed by atoms with van der Waals surface area (Å²) in [4.78, 5) is 14.3. The smallest absolute Gasteiger partial charge is 0.252 e. The van der Waals surface area contributed by atoms with E-state index >= 15 is 0 Å². The molecule has 0 radical (unpaired) electrons. The lowest BCUT2D eigenvalue weighted by molar-refractivity contribution is 0.0557. The molecule has 5 heteroatoms. The lowest BCUT2D eigenvalue weighted by atomic mass is 9.75. The molecular formula is C14H20ClN3O. The number of nitrogen functional groups attached to an aromatic ring is 1. The van der Waals surface area contributed by atoms with Crippen molar-refractivity contribution in [2.24, 2.45) is 0 Å². The van der Waals surface area contributed by atoms with Crippen molar-refractivity contribution in [3.8, 4) is 0 Å². The zero-order valence-corrected chi connectivity index (χ0v) is 12.1. The Balaban J connectivity index is 2.04. The Labute approximate surface area is 118 Å². The van der Waals surface area contributed by atoms with Crippen LogP contribution in [-0.4, -0.2) is 37.0 Å². The van der Waals surface area contributed by atoms with E-state index in [1.165, 1.54) is 6.42 Å². The minimum Gasteiger partial charge on any atom is -0.398 e. The number of hydrogen-bond donors (Lipinski definition) is 2. The fourth-order valence-electron chi connectivity index (χ4n) is 2.43. The zero-order valence-electron chi connectivity index (χ0n) is 11.4. The fraction of sp³-hybridized carbons (Fsp3) is 0.500. The molecule has 3 N–H and O–H groups in total. The van der Waals surface area contributed by atoms with E-state index in [1.54, 1.807) is 18.2 Å². The summed E-state index contributed by atoms with van der Waals surface area (Å²) in [6.07, 6.45) is 3.45. The maximum absolute atomic E-state index is 12.2. The van der Waals surface area contributed by atoms with E-state index in [-0.39, 0.29) is 11.4 Å². The van der Waals surface area contributed by atoms with E-state index in [1.807, 2.05) is 0 Å². The molecule has 0 bridgehead atoms. The van der Waals surface area contributed by atoms with Crippen LogP contribution in [0.3, 0.4) is 0 Å². The van der Waals surface area contributed by atoms with Gasteiger partial charge in [-0.1, -0.05) is 17.7 Å². The van der Waals surface area contributed by atoms with Crippen LogP contribution < -0.4 is 11.1 Å². The van der Waals surface area contributed by atoms with Crippen LogP contribution in [0.25, 0.3) is 0 Å². The van der Waals surface area contributed by atoms with Crippen molar-refractivity contribution in [3.05, 3.63) is 28.8 Å². The summed E-state index contributed by atoms with van der Waals surface area (Å²) in [7, 11) is 4.11. The topological polar surface area (TPSA) is 58.4 Å². The molecule has 0 heterocycles. The maximum Gasteiger partial charge on any atom is 0.252 e.